The van der Waals surface area contributed by atoms with Gasteiger partial charge in [0.15, 0.2) is 0 Å². The van der Waals surface area contributed by atoms with Gasteiger partial charge in [0.1, 0.15) is 6.10 Å². The number of rotatable bonds is 4. The summed E-state index contributed by atoms with van der Waals surface area (Å²) in [5.74, 6) is 0.425. The minimum absolute atomic E-state index is 0.0385. The zero-order valence-corrected chi connectivity index (χ0v) is 13.1. The van der Waals surface area contributed by atoms with Crippen molar-refractivity contribution in [2.24, 2.45) is 11.7 Å². The Morgan fingerprint density at radius 2 is 1.95 bits per heavy atom. The van der Waals surface area contributed by atoms with Gasteiger partial charge in [-0.1, -0.05) is 43.2 Å². The maximum atomic E-state index is 11.9. The Balaban J connectivity index is 1.57. The number of carbonyl (C=O) groups excluding carboxylic acids is 1. The second-order valence-electron chi connectivity index (χ2n) is 6.70. The lowest BCUT2D eigenvalue weighted by molar-refractivity contribution is -0.159. The highest BCUT2D eigenvalue weighted by molar-refractivity contribution is 5.72. The Labute approximate surface area is 132 Å². The topological polar surface area (TPSA) is 55.6 Å². The lowest BCUT2D eigenvalue weighted by Crippen LogP contribution is -2.50. The van der Waals surface area contributed by atoms with Crippen molar-refractivity contribution in [3.8, 4) is 0 Å². The van der Waals surface area contributed by atoms with Gasteiger partial charge in [-0.2, -0.15) is 0 Å². The van der Waals surface area contributed by atoms with Gasteiger partial charge in [0.25, 0.3) is 0 Å². The van der Waals surface area contributed by atoms with E-state index in [2.05, 4.69) is 17.0 Å². The number of nitrogens with zero attached hydrogens (tertiary/aromatic N) is 1. The van der Waals surface area contributed by atoms with Crippen molar-refractivity contribution >= 4 is 5.97 Å². The number of ether oxygens (including phenoxy) is 1. The van der Waals surface area contributed by atoms with Gasteiger partial charge >= 0.3 is 5.97 Å². The van der Waals surface area contributed by atoms with E-state index >= 15 is 0 Å². The molecular formula is C18H26N2O2. The number of hydrogen-bond donors (Lipinski definition) is 1. The van der Waals surface area contributed by atoms with Gasteiger partial charge in [-0.15, -0.1) is 0 Å². The van der Waals surface area contributed by atoms with Crippen LogP contribution >= 0.6 is 0 Å². The zero-order chi connectivity index (χ0) is 15.4. The molecule has 0 amide bonds. The Bertz CT molecular complexity index is 491. The molecule has 4 nitrogen and oxygen atoms in total. The molecule has 1 aliphatic carbocycles. The van der Waals surface area contributed by atoms with Gasteiger partial charge in [-0.05, 0) is 24.3 Å². The first-order valence-electron chi connectivity index (χ1n) is 8.42. The molecular weight excluding hydrogens is 276 g/mol. The van der Waals surface area contributed by atoms with Gasteiger partial charge in [0.05, 0.1) is 6.54 Å². The third-order valence-corrected chi connectivity index (χ3v) is 4.88. The van der Waals surface area contributed by atoms with E-state index in [0.717, 1.165) is 25.9 Å². The van der Waals surface area contributed by atoms with Crippen LogP contribution in [0.3, 0.4) is 0 Å². The molecule has 22 heavy (non-hydrogen) atoms. The standard InChI is InChI=1S/C18H26N2O2/c19-17-9-5-4-8-15(17)11-20-12-16(22-18(21)13-20)10-14-6-2-1-3-7-14/h1-3,6-7,15-17H,4-5,8-13,19H2. The molecule has 3 rings (SSSR count). The third-order valence-electron chi connectivity index (χ3n) is 4.88. The molecule has 0 aromatic heterocycles. The van der Waals surface area contributed by atoms with Crippen LogP contribution in [0.5, 0.6) is 0 Å². The summed E-state index contributed by atoms with van der Waals surface area (Å²) in [5, 5.41) is 0. The highest BCUT2D eigenvalue weighted by Crippen LogP contribution is 2.25. The minimum Gasteiger partial charge on any atom is -0.460 e. The van der Waals surface area contributed by atoms with Crippen molar-refractivity contribution in [1.82, 2.24) is 4.90 Å². The van der Waals surface area contributed by atoms with Crippen LogP contribution < -0.4 is 5.73 Å². The smallest absolute Gasteiger partial charge is 0.320 e. The normalized spacial score (nSPS) is 30.0. The molecule has 1 aromatic rings. The summed E-state index contributed by atoms with van der Waals surface area (Å²) in [4.78, 5) is 14.1. The lowest BCUT2D eigenvalue weighted by atomic mass is 9.84. The second kappa shape index (κ2) is 7.25. The van der Waals surface area contributed by atoms with Crippen LogP contribution in [0.1, 0.15) is 31.2 Å². The molecule has 0 spiro atoms. The molecule has 2 aliphatic rings. The summed E-state index contributed by atoms with van der Waals surface area (Å²) in [5.41, 5.74) is 7.47. The molecule has 1 aliphatic heterocycles. The van der Waals surface area contributed by atoms with Crippen LogP contribution in [0.2, 0.25) is 0 Å². The number of morpholine rings is 1. The van der Waals surface area contributed by atoms with E-state index in [1.54, 1.807) is 0 Å². The fourth-order valence-electron chi connectivity index (χ4n) is 3.71. The fraction of sp³-hybridized carbons (Fsp3) is 0.611. The largest absolute Gasteiger partial charge is 0.460 e. The minimum atomic E-state index is -0.100. The third kappa shape index (κ3) is 4.08. The Hall–Kier alpha value is -1.39. The van der Waals surface area contributed by atoms with Crippen molar-refractivity contribution in [1.29, 1.82) is 0 Å². The maximum absolute atomic E-state index is 11.9. The molecule has 0 bridgehead atoms. The van der Waals surface area contributed by atoms with E-state index in [-0.39, 0.29) is 12.1 Å². The summed E-state index contributed by atoms with van der Waals surface area (Å²) in [6.45, 7) is 2.17. The maximum Gasteiger partial charge on any atom is 0.320 e. The van der Waals surface area contributed by atoms with Crippen LogP contribution in [0.15, 0.2) is 30.3 Å². The molecule has 1 heterocycles. The molecule has 3 unspecified atom stereocenters. The molecule has 1 aromatic carbocycles. The van der Waals surface area contributed by atoms with Crippen molar-refractivity contribution in [2.75, 3.05) is 19.6 Å². The van der Waals surface area contributed by atoms with Gasteiger partial charge in [-0.3, -0.25) is 9.69 Å². The SMILES string of the molecule is NC1CCCCC1CN1CC(=O)OC(Cc2ccccc2)C1. The monoisotopic (exact) mass is 302 g/mol. The molecule has 4 heteroatoms. The van der Waals surface area contributed by atoms with E-state index in [4.69, 9.17) is 10.5 Å². The summed E-state index contributed by atoms with van der Waals surface area (Å²) in [7, 11) is 0. The van der Waals surface area contributed by atoms with Crippen LogP contribution in [0.4, 0.5) is 0 Å². The van der Waals surface area contributed by atoms with Crippen LogP contribution in [0.25, 0.3) is 0 Å². The average Bonchev–Trinajstić information content (AvgIpc) is 2.50. The number of benzene rings is 1. The van der Waals surface area contributed by atoms with Gasteiger partial charge in [0.2, 0.25) is 0 Å². The van der Waals surface area contributed by atoms with Gasteiger partial charge < -0.3 is 10.5 Å². The van der Waals surface area contributed by atoms with Crippen molar-refractivity contribution in [2.45, 2.75) is 44.2 Å². The molecule has 3 atom stereocenters. The number of hydrogen-bond acceptors (Lipinski definition) is 4. The van der Waals surface area contributed by atoms with Gasteiger partial charge in [-0.25, -0.2) is 0 Å². The quantitative estimate of drug-likeness (QED) is 0.864. The molecule has 2 fully saturated rings. The summed E-state index contributed by atoms with van der Waals surface area (Å²) < 4.78 is 5.52. The Kier molecular flexibility index (Phi) is 5.11. The molecule has 2 N–H and O–H groups in total. The van der Waals surface area contributed by atoms with E-state index in [1.807, 2.05) is 18.2 Å². The van der Waals surface area contributed by atoms with E-state index in [1.165, 1.54) is 24.8 Å². The van der Waals surface area contributed by atoms with E-state index in [0.29, 0.717) is 18.5 Å². The van der Waals surface area contributed by atoms with Crippen LogP contribution in [0, 0.1) is 5.92 Å². The molecule has 1 saturated heterocycles. The van der Waals surface area contributed by atoms with Crippen molar-refractivity contribution < 1.29 is 9.53 Å². The molecule has 1 saturated carbocycles. The van der Waals surface area contributed by atoms with E-state index < -0.39 is 0 Å². The van der Waals surface area contributed by atoms with Crippen LogP contribution in [-0.4, -0.2) is 42.6 Å². The first-order chi connectivity index (χ1) is 10.7. The predicted molar refractivity (Wildman–Crippen MR) is 86.4 cm³/mol. The first-order valence-corrected chi connectivity index (χ1v) is 8.42. The Morgan fingerprint density at radius 3 is 2.73 bits per heavy atom. The van der Waals surface area contributed by atoms with Crippen molar-refractivity contribution in [3.05, 3.63) is 35.9 Å². The van der Waals surface area contributed by atoms with Crippen LogP contribution in [-0.2, 0) is 16.0 Å². The summed E-state index contributed by atoms with van der Waals surface area (Å²) in [6, 6.07) is 10.5. The van der Waals surface area contributed by atoms with Crippen molar-refractivity contribution in [3.63, 3.8) is 0 Å². The predicted octanol–water partition coefficient (Wildman–Crippen LogP) is 1.97. The molecule has 120 valence electrons. The highest BCUT2D eigenvalue weighted by Gasteiger charge is 2.30. The second-order valence-corrected chi connectivity index (χ2v) is 6.70. The van der Waals surface area contributed by atoms with Gasteiger partial charge in [0, 0.05) is 25.6 Å². The number of cyclic esters (lactones) is 1. The van der Waals surface area contributed by atoms with E-state index in [9.17, 15) is 4.79 Å². The molecule has 0 radical (unpaired) electrons. The first kappa shape index (κ1) is 15.5. The Morgan fingerprint density at radius 1 is 1.18 bits per heavy atom. The fourth-order valence-corrected chi connectivity index (χ4v) is 3.71. The number of carbonyl (C=O) groups is 1. The lowest BCUT2D eigenvalue weighted by Gasteiger charge is -2.37. The number of nitrogens with two attached hydrogens (primary N) is 1. The summed E-state index contributed by atoms with van der Waals surface area (Å²) in [6.07, 6.45) is 5.58. The average molecular weight is 302 g/mol. The summed E-state index contributed by atoms with van der Waals surface area (Å²) >= 11 is 0. The number of esters is 1. The zero-order valence-electron chi connectivity index (χ0n) is 13.1. The highest BCUT2D eigenvalue weighted by atomic mass is 16.5.